The Bertz CT molecular complexity index is 1110. The van der Waals surface area contributed by atoms with E-state index >= 15 is 0 Å². The van der Waals surface area contributed by atoms with Gasteiger partial charge in [-0.25, -0.2) is 13.8 Å². The van der Waals surface area contributed by atoms with Crippen molar-refractivity contribution in [2.45, 2.75) is 23.6 Å². The zero-order chi connectivity index (χ0) is 21.8. The number of pyridine rings is 1. The number of benzene rings is 1. The van der Waals surface area contributed by atoms with E-state index in [1.807, 2.05) is 0 Å². The summed E-state index contributed by atoms with van der Waals surface area (Å²) >= 11 is 6.80. The third kappa shape index (κ3) is 3.20. The summed E-state index contributed by atoms with van der Waals surface area (Å²) in [6, 6.07) is 5.02. The topological polar surface area (TPSA) is 123 Å². The quantitative estimate of drug-likeness (QED) is 0.659. The number of thioether (sulfide) groups is 1. The number of anilines is 1. The number of amides is 2. The van der Waals surface area contributed by atoms with Crippen molar-refractivity contribution in [1.82, 2.24) is 4.98 Å². The van der Waals surface area contributed by atoms with Gasteiger partial charge in [0.2, 0.25) is 5.91 Å². The number of nitrogens with zero attached hydrogens (tertiary/aromatic N) is 2. The summed E-state index contributed by atoms with van der Waals surface area (Å²) in [5, 5.41) is 2.90. The predicted molar refractivity (Wildman–Crippen MR) is 110 cm³/mol. The summed E-state index contributed by atoms with van der Waals surface area (Å²) in [4.78, 5) is 32.6. The highest BCUT2D eigenvalue weighted by Gasteiger charge is 2.70. The SMILES string of the molecule is C[C@]1(c2cc(NC(=O)c3ccc(Cl)cn3)cc(F)c2F)N=C(N)SC2(C(N)=O)C[C@H]21. The molecule has 0 saturated heterocycles. The molecule has 156 valence electrons. The first kappa shape index (κ1) is 20.5. The van der Waals surface area contributed by atoms with Crippen LogP contribution in [0.15, 0.2) is 35.5 Å². The summed E-state index contributed by atoms with van der Waals surface area (Å²) in [5.74, 6) is -3.98. The van der Waals surface area contributed by atoms with Gasteiger partial charge in [0.05, 0.1) is 10.6 Å². The summed E-state index contributed by atoms with van der Waals surface area (Å²) < 4.78 is 28.2. The number of rotatable bonds is 4. The van der Waals surface area contributed by atoms with Crippen LogP contribution in [-0.2, 0) is 10.3 Å². The van der Waals surface area contributed by atoms with Crippen molar-refractivity contribution in [2.75, 3.05) is 5.32 Å². The lowest BCUT2D eigenvalue weighted by Crippen LogP contribution is -2.42. The molecular formula is C19H16ClF2N5O2S. The maximum atomic E-state index is 14.8. The minimum absolute atomic E-state index is 0.00389. The Labute approximate surface area is 179 Å². The molecular weight excluding hydrogens is 436 g/mol. The lowest BCUT2D eigenvalue weighted by atomic mass is 9.85. The van der Waals surface area contributed by atoms with Crippen molar-refractivity contribution in [2.24, 2.45) is 22.4 Å². The number of carbonyl (C=O) groups excluding carboxylic acids is 2. The molecule has 1 aromatic heterocycles. The molecule has 0 radical (unpaired) electrons. The molecule has 1 aliphatic heterocycles. The molecule has 2 amide bonds. The molecule has 0 bridgehead atoms. The van der Waals surface area contributed by atoms with Crippen LogP contribution >= 0.6 is 23.4 Å². The van der Waals surface area contributed by atoms with Crippen molar-refractivity contribution < 1.29 is 18.4 Å². The Balaban J connectivity index is 1.72. The summed E-state index contributed by atoms with van der Waals surface area (Å²) in [6.07, 6.45) is 1.63. The lowest BCUT2D eigenvalue weighted by molar-refractivity contribution is -0.118. The van der Waals surface area contributed by atoms with Gasteiger partial charge in [-0.1, -0.05) is 23.4 Å². The maximum Gasteiger partial charge on any atom is 0.274 e. The van der Waals surface area contributed by atoms with Crippen LogP contribution in [0.4, 0.5) is 14.5 Å². The summed E-state index contributed by atoms with van der Waals surface area (Å²) in [6.45, 7) is 1.57. The minimum Gasteiger partial charge on any atom is -0.378 e. The van der Waals surface area contributed by atoms with Crippen LogP contribution in [0.3, 0.4) is 0 Å². The summed E-state index contributed by atoms with van der Waals surface area (Å²) in [5.41, 5.74) is 10.0. The van der Waals surface area contributed by atoms with Crippen molar-refractivity contribution in [3.8, 4) is 0 Å². The molecule has 1 aromatic carbocycles. The molecule has 3 atom stereocenters. The van der Waals surface area contributed by atoms with E-state index in [-0.39, 0.29) is 22.1 Å². The molecule has 5 N–H and O–H groups in total. The molecule has 2 aromatic rings. The average molecular weight is 452 g/mol. The van der Waals surface area contributed by atoms with E-state index in [1.165, 1.54) is 24.4 Å². The van der Waals surface area contributed by atoms with Gasteiger partial charge in [-0.05, 0) is 31.5 Å². The number of nitrogens with two attached hydrogens (primary N) is 2. The molecule has 7 nitrogen and oxygen atoms in total. The largest absolute Gasteiger partial charge is 0.378 e. The van der Waals surface area contributed by atoms with Crippen LogP contribution in [0, 0.1) is 17.6 Å². The normalized spacial score (nSPS) is 27.1. The summed E-state index contributed by atoms with van der Waals surface area (Å²) in [7, 11) is 0. The van der Waals surface area contributed by atoms with E-state index in [1.54, 1.807) is 6.92 Å². The first-order valence-electron chi connectivity index (χ1n) is 8.83. The first-order chi connectivity index (χ1) is 14.1. The molecule has 1 unspecified atom stereocenters. The number of nitrogens with one attached hydrogen (secondary N) is 1. The van der Waals surface area contributed by atoms with Crippen molar-refractivity contribution in [1.29, 1.82) is 0 Å². The fraction of sp³-hybridized carbons (Fsp3) is 0.263. The molecule has 11 heteroatoms. The van der Waals surface area contributed by atoms with Gasteiger partial charge in [0.1, 0.15) is 10.4 Å². The van der Waals surface area contributed by atoms with Gasteiger partial charge in [0, 0.05) is 29.4 Å². The molecule has 1 saturated carbocycles. The second-order valence-electron chi connectivity index (χ2n) is 7.35. The Morgan fingerprint density at radius 1 is 1.33 bits per heavy atom. The van der Waals surface area contributed by atoms with E-state index < -0.39 is 39.7 Å². The standard InChI is InChI=1S/C19H16ClF2N5O2S/c1-18(13-6-19(13,16(23)29)30-17(24)27-18)10-4-9(5-11(21)14(10)22)26-15(28)12-3-2-8(20)7-25-12/h2-5,7,13H,6H2,1H3,(H2,23,29)(H2,24,27)(H,26,28)/t13-,18+,19?/m0/s1. The second kappa shape index (κ2) is 6.92. The van der Waals surface area contributed by atoms with Crippen molar-refractivity contribution in [3.63, 3.8) is 0 Å². The molecule has 4 rings (SSSR count). The van der Waals surface area contributed by atoms with E-state index in [9.17, 15) is 18.4 Å². The lowest BCUT2D eigenvalue weighted by Gasteiger charge is -2.33. The van der Waals surface area contributed by atoms with Gasteiger partial charge in [-0.2, -0.15) is 0 Å². The molecule has 1 fully saturated rings. The Hall–Kier alpha value is -2.72. The number of aliphatic imine (C=N–C) groups is 1. The molecule has 2 heterocycles. The number of hydrogen-bond acceptors (Lipinski definition) is 6. The zero-order valence-corrected chi connectivity index (χ0v) is 17.2. The van der Waals surface area contributed by atoms with Crippen molar-refractivity contribution in [3.05, 3.63) is 58.4 Å². The number of fused-ring (bicyclic) bond motifs is 1. The Morgan fingerprint density at radius 3 is 2.70 bits per heavy atom. The maximum absolute atomic E-state index is 14.8. The average Bonchev–Trinajstić information content (AvgIpc) is 3.42. The molecule has 2 aliphatic rings. The smallest absolute Gasteiger partial charge is 0.274 e. The van der Waals surface area contributed by atoms with Gasteiger partial charge in [-0.3, -0.25) is 14.6 Å². The third-order valence-electron chi connectivity index (χ3n) is 5.43. The Morgan fingerprint density at radius 2 is 2.07 bits per heavy atom. The number of halogens is 3. The molecule has 30 heavy (non-hydrogen) atoms. The highest BCUT2D eigenvalue weighted by molar-refractivity contribution is 8.15. The van der Waals surface area contributed by atoms with Crippen LogP contribution in [0.5, 0.6) is 0 Å². The highest BCUT2D eigenvalue weighted by atomic mass is 35.5. The number of amidine groups is 1. The van der Waals surface area contributed by atoms with Crippen LogP contribution in [-0.4, -0.2) is 26.7 Å². The van der Waals surface area contributed by atoms with E-state index in [4.69, 9.17) is 23.1 Å². The number of hydrogen-bond donors (Lipinski definition) is 3. The van der Waals surface area contributed by atoms with Crippen LogP contribution in [0.2, 0.25) is 5.02 Å². The van der Waals surface area contributed by atoms with E-state index in [2.05, 4.69) is 15.3 Å². The van der Waals surface area contributed by atoms with Gasteiger partial charge in [0.15, 0.2) is 16.8 Å². The van der Waals surface area contributed by atoms with Gasteiger partial charge < -0.3 is 16.8 Å². The zero-order valence-electron chi connectivity index (χ0n) is 15.6. The first-order valence-corrected chi connectivity index (χ1v) is 10.0. The van der Waals surface area contributed by atoms with Gasteiger partial charge >= 0.3 is 0 Å². The fourth-order valence-electron chi connectivity index (χ4n) is 3.83. The second-order valence-corrected chi connectivity index (χ2v) is 9.13. The Kier molecular flexibility index (Phi) is 4.74. The van der Waals surface area contributed by atoms with E-state index in [0.717, 1.165) is 17.8 Å². The van der Waals surface area contributed by atoms with E-state index in [0.29, 0.717) is 11.4 Å². The third-order valence-corrected chi connectivity index (χ3v) is 6.97. The van der Waals surface area contributed by atoms with Gasteiger partial charge in [0.25, 0.3) is 5.91 Å². The number of aromatic nitrogens is 1. The van der Waals surface area contributed by atoms with Crippen LogP contribution in [0.1, 0.15) is 29.4 Å². The fourth-order valence-corrected chi connectivity index (χ4v) is 5.27. The predicted octanol–water partition coefficient (Wildman–Crippen LogP) is 2.79. The molecule has 1 aliphatic carbocycles. The number of primary amides is 1. The van der Waals surface area contributed by atoms with Crippen LogP contribution in [0.25, 0.3) is 0 Å². The molecule has 0 spiro atoms. The van der Waals surface area contributed by atoms with Crippen LogP contribution < -0.4 is 16.8 Å². The minimum atomic E-state index is -1.32. The van der Waals surface area contributed by atoms with Crippen molar-refractivity contribution >= 4 is 46.0 Å². The number of carbonyl (C=O) groups is 2. The van der Waals surface area contributed by atoms with Gasteiger partial charge in [-0.15, -0.1) is 0 Å². The monoisotopic (exact) mass is 451 g/mol. The highest BCUT2D eigenvalue weighted by Crippen LogP contribution is 2.65.